The molecule has 0 saturated carbocycles. The fourth-order valence-electron chi connectivity index (χ4n) is 0.780. The Hall–Kier alpha value is -0.965. The number of hydrogen-bond acceptors (Lipinski definition) is 3. The molecular formula is C6H7BO3S. The van der Waals surface area contributed by atoms with E-state index in [1.165, 1.54) is 12.1 Å². The van der Waals surface area contributed by atoms with Crippen LogP contribution in [0.4, 0.5) is 0 Å². The van der Waals surface area contributed by atoms with E-state index in [1.54, 1.807) is 13.9 Å². The van der Waals surface area contributed by atoms with Gasteiger partial charge < -0.3 is 5.11 Å². The van der Waals surface area contributed by atoms with Crippen molar-refractivity contribution in [2.75, 3.05) is 0 Å². The van der Waals surface area contributed by atoms with Crippen molar-refractivity contribution in [3.8, 4) is 5.75 Å². The number of thiol groups is 1. The van der Waals surface area contributed by atoms with Gasteiger partial charge in [-0.2, -0.15) is 0 Å². The zero-order chi connectivity index (χ0) is 8.43. The number of aromatic hydroxyl groups is 1. The van der Waals surface area contributed by atoms with Crippen LogP contribution < -0.4 is 5.46 Å². The number of hydrogen-bond donors (Lipinski definition) is 2. The predicted octanol–water partition coefficient (Wildman–Crippen LogP) is -1.38. The van der Waals surface area contributed by atoms with Crippen LogP contribution in [-0.4, -0.2) is 21.4 Å². The van der Waals surface area contributed by atoms with Gasteiger partial charge in [0.15, 0.2) is 10.7 Å². The van der Waals surface area contributed by atoms with Gasteiger partial charge in [-0.15, -0.1) is 0 Å². The van der Waals surface area contributed by atoms with E-state index in [9.17, 15) is 8.42 Å². The van der Waals surface area contributed by atoms with Crippen molar-refractivity contribution in [1.82, 2.24) is 0 Å². The SMILES string of the molecule is Bc1ccc(O)c([SH](=O)=O)c1. The van der Waals surface area contributed by atoms with Gasteiger partial charge in [0.05, 0.1) is 0 Å². The lowest BCUT2D eigenvalue weighted by Gasteiger charge is -1.96. The van der Waals surface area contributed by atoms with Crippen LogP contribution in [0, 0.1) is 0 Å². The van der Waals surface area contributed by atoms with E-state index in [1.807, 2.05) is 0 Å². The predicted molar refractivity (Wildman–Crippen MR) is 44.9 cm³/mol. The summed E-state index contributed by atoms with van der Waals surface area (Å²) >= 11 is 0. The zero-order valence-electron chi connectivity index (χ0n) is 5.94. The van der Waals surface area contributed by atoms with Crippen molar-refractivity contribution in [2.45, 2.75) is 4.90 Å². The molecule has 0 fully saturated rings. The topological polar surface area (TPSA) is 54.4 Å². The summed E-state index contributed by atoms with van der Waals surface area (Å²) < 4.78 is 20.9. The second kappa shape index (κ2) is 2.96. The molecule has 0 atom stereocenters. The molecule has 0 amide bonds. The van der Waals surface area contributed by atoms with Crippen LogP contribution in [0.2, 0.25) is 0 Å². The van der Waals surface area contributed by atoms with Crippen molar-refractivity contribution in [3.05, 3.63) is 18.2 Å². The summed E-state index contributed by atoms with van der Waals surface area (Å²) in [6.45, 7) is 0. The quantitative estimate of drug-likeness (QED) is 0.403. The van der Waals surface area contributed by atoms with E-state index in [-0.39, 0.29) is 10.6 Å². The summed E-state index contributed by atoms with van der Waals surface area (Å²) in [6, 6.07) is 4.45. The third-order valence-electron chi connectivity index (χ3n) is 1.33. The first kappa shape index (κ1) is 8.13. The minimum atomic E-state index is -2.68. The van der Waals surface area contributed by atoms with E-state index in [0.717, 1.165) is 5.46 Å². The van der Waals surface area contributed by atoms with Crippen LogP contribution in [0.1, 0.15) is 0 Å². The molecule has 1 aromatic carbocycles. The molecule has 5 heteroatoms. The van der Waals surface area contributed by atoms with Crippen LogP contribution in [0.5, 0.6) is 5.75 Å². The second-order valence-electron chi connectivity index (χ2n) is 2.25. The Kier molecular flexibility index (Phi) is 2.19. The van der Waals surface area contributed by atoms with Crippen molar-refractivity contribution in [1.29, 1.82) is 0 Å². The summed E-state index contributed by atoms with van der Waals surface area (Å²) in [5.74, 6) is -0.188. The first-order valence-corrected chi connectivity index (χ1v) is 4.23. The molecule has 0 heterocycles. The first-order chi connectivity index (χ1) is 5.11. The van der Waals surface area contributed by atoms with Gasteiger partial charge in [0.1, 0.15) is 18.5 Å². The monoisotopic (exact) mass is 170 g/mol. The molecule has 1 rings (SSSR count). The molecule has 11 heavy (non-hydrogen) atoms. The Morgan fingerprint density at radius 3 is 2.45 bits per heavy atom. The van der Waals surface area contributed by atoms with E-state index >= 15 is 0 Å². The lowest BCUT2D eigenvalue weighted by atomic mass is 9.97. The summed E-state index contributed by atoms with van der Waals surface area (Å²) in [4.78, 5) is -0.0139. The van der Waals surface area contributed by atoms with Crippen LogP contribution >= 0.6 is 0 Å². The molecule has 0 bridgehead atoms. The minimum absolute atomic E-state index is 0.0139. The van der Waals surface area contributed by atoms with Gasteiger partial charge in [-0.25, -0.2) is 8.42 Å². The largest absolute Gasteiger partial charge is 0.507 e. The number of phenolic OH excluding ortho intramolecular Hbond substituents is 1. The number of phenols is 1. The van der Waals surface area contributed by atoms with E-state index in [4.69, 9.17) is 5.11 Å². The Balaban J connectivity index is 3.35. The normalized spacial score (nSPS) is 10.3. The number of rotatable bonds is 1. The van der Waals surface area contributed by atoms with Crippen LogP contribution in [-0.2, 0) is 10.7 Å². The van der Waals surface area contributed by atoms with Crippen molar-refractivity contribution in [3.63, 3.8) is 0 Å². The van der Waals surface area contributed by atoms with Crippen LogP contribution in [0.25, 0.3) is 0 Å². The van der Waals surface area contributed by atoms with Crippen LogP contribution in [0.15, 0.2) is 23.1 Å². The van der Waals surface area contributed by atoms with Crippen molar-refractivity contribution >= 4 is 24.0 Å². The smallest absolute Gasteiger partial charge is 0.171 e. The summed E-state index contributed by atoms with van der Waals surface area (Å²) in [7, 11) is -0.917. The van der Waals surface area contributed by atoms with Gasteiger partial charge in [-0.05, 0) is 12.1 Å². The van der Waals surface area contributed by atoms with Gasteiger partial charge in [0.25, 0.3) is 0 Å². The molecule has 0 aliphatic carbocycles. The van der Waals surface area contributed by atoms with E-state index < -0.39 is 10.7 Å². The Morgan fingerprint density at radius 1 is 1.36 bits per heavy atom. The lowest BCUT2D eigenvalue weighted by Crippen LogP contribution is -2.01. The molecule has 3 nitrogen and oxygen atoms in total. The van der Waals surface area contributed by atoms with E-state index in [2.05, 4.69) is 0 Å². The van der Waals surface area contributed by atoms with Gasteiger partial charge in [-0.3, -0.25) is 0 Å². The molecule has 0 aromatic heterocycles. The van der Waals surface area contributed by atoms with E-state index in [0.29, 0.717) is 0 Å². The van der Waals surface area contributed by atoms with Crippen molar-refractivity contribution in [2.24, 2.45) is 0 Å². The van der Waals surface area contributed by atoms with Crippen LogP contribution in [0.3, 0.4) is 0 Å². The highest BCUT2D eigenvalue weighted by Gasteiger charge is 2.01. The highest BCUT2D eigenvalue weighted by molar-refractivity contribution is 7.72. The molecule has 0 radical (unpaired) electrons. The summed E-state index contributed by atoms with van der Waals surface area (Å²) in [5.41, 5.74) is 0.817. The molecule has 58 valence electrons. The maximum atomic E-state index is 10.5. The standard InChI is InChI=1S/C6H7BO3S/c7-4-1-2-5(8)6(3-4)11(9)10/h1-3,8,11H,7H2. The highest BCUT2D eigenvalue weighted by Crippen LogP contribution is 2.14. The van der Waals surface area contributed by atoms with Gasteiger partial charge in [0, 0.05) is 0 Å². The fraction of sp³-hybridized carbons (Fsp3) is 0. The maximum Gasteiger partial charge on any atom is 0.171 e. The fourth-order valence-corrected chi connectivity index (χ4v) is 1.35. The molecule has 1 aromatic rings. The highest BCUT2D eigenvalue weighted by atomic mass is 32.2. The second-order valence-corrected chi connectivity index (χ2v) is 3.25. The maximum absolute atomic E-state index is 10.5. The average Bonchev–Trinajstić information content (AvgIpc) is 1.94. The number of benzene rings is 1. The molecule has 0 saturated heterocycles. The van der Waals surface area contributed by atoms with Crippen molar-refractivity contribution < 1.29 is 13.5 Å². The average molecular weight is 170 g/mol. The van der Waals surface area contributed by atoms with Gasteiger partial charge in [0.2, 0.25) is 0 Å². The molecule has 0 spiro atoms. The zero-order valence-corrected chi connectivity index (χ0v) is 6.84. The molecule has 0 aliphatic heterocycles. The van der Waals surface area contributed by atoms with Gasteiger partial charge in [-0.1, -0.05) is 11.5 Å². The Labute approximate surface area is 67.0 Å². The third kappa shape index (κ3) is 1.74. The Morgan fingerprint density at radius 2 is 2.00 bits per heavy atom. The molecule has 0 aliphatic rings. The Bertz CT molecular complexity index is 338. The molecule has 1 N–H and O–H groups in total. The summed E-state index contributed by atoms with van der Waals surface area (Å²) in [5, 5.41) is 9.02. The third-order valence-corrected chi connectivity index (χ3v) is 2.08. The lowest BCUT2D eigenvalue weighted by molar-refractivity contribution is 0.460. The summed E-state index contributed by atoms with van der Waals surface area (Å²) in [6.07, 6.45) is 0. The van der Waals surface area contributed by atoms with Gasteiger partial charge >= 0.3 is 0 Å². The molecule has 0 unspecified atom stereocenters. The minimum Gasteiger partial charge on any atom is -0.507 e. The molecular weight excluding hydrogens is 163 g/mol. The first-order valence-electron chi connectivity index (χ1n) is 3.05.